The highest BCUT2D eigenvalue weighted by atomic mass is 32.1. The first-order valence-corrected chi connectivity index (χ1v) is 6.66. The Kier molecular flexibility index (Phi) is 8.09. The number of rotatable bonds is 8. The van der Waals surface area contributed by atoms with Gasteiger partial charge in [-0.2, -0.15) is 12.6 Å². The van der Waals surface area contributed by atoms with Crippen molar-refractivity contribution in [2.45, 2.75) is 39.2 Å². The number of aliphatic hydroxyl groups excluding tert-OH is 1. The smallest absolute Gasteiger partial charge is 0.0453 e. The summed E-state index contributed by atoms with van der Waals surface area (Å²) in [6.45, 7) is 10.4. The Morgan fingerprint density at radius 3 is 2.59 bits per heavy atom. The summed E-state index contributed by atoms with van der Waals surface area (Å²) in [5.41, 5.74) is 1.84. The van der Waals surface area contributed by atoms with Gasteiger partial charge in [-0.15, -0.1) is 0 Å². The van der Waals surface area contributed by atoms with E-state index in [9.17, 15) is 0 Å². The molecule has 0 spiro atoms. The van der Waals surface area contributed by atoms with Crippen LogP contribution in [0.15, 0.2) is 36.1 Å². The summed E-state index contributed by atoms with van der Waals surface area (Å²) in [4.78, 5) is 0. The standard InChI is InChI=1S/C14H25NOS/c1-5-7-13(8-6-11-17)12(2)15-14(3,4)9-10-16/h6-8,15-17H,2,5,9-11H2,1,3-4H3/b8-6+,13-7+. The first-order chi connectivity index (χ1) is 7.96. The fourth-order valence-corrected chi connectivity index (χ4v) is 1.62. The van der Waals surface area contributed by atoms with E-state index in [1.165, 1.54) is 0 Å². The van der Waals surface area contributed by atoms with Crippen LogP contribution < -0.4 is 5.32 Å². The van der Waals surface area contributed by atoms with E-state index in [0.717, 1.165) is 17.7 Å². The maximum atomic E-state index is 8.99. The normalized spacial score (nSPS) is 13.1. The molecule has 0 aliphatic rings. The summed E-state index contributed by atoms with van der Waals surface area (Å²) in [7, 11) is 0. The molecule has 0 radical (unpaired) electrons. The van der Waals surface area contributed by atoms with Crippen molar-refractivity contribution in [1.82, 2.24) is 5.32 Å². The number of hydrogen-bond donors (Lipinski definition) is 3. The van der Waals surface area contributed by atoms with Gasteiger partial charge < -0.3 is 10.4 Å². The number of nitrogens with one attached hydrogen (secondary N) is 1. The van der Waals surface area contributed by atoms with Gasteiger partial charge in [0.25, 0.3) is 0 Å². The van der Waals surface area contributed by atoms with Crippen molar-refractivity contribution in [3.05, 3.63) is 36.1 Å². The maximum absolute atomic E-state index is 8.99. The lowest BCUT2D eigenvalue weighted by Gasteiger charge is -2.28. The van der Waals surface area contributed by atoms with Crippen LogP contribution in [0, 0.1) is 0 Å². The zero-order valence-electron chi connectivity index (χ0n) is 11.2. The van der Waals surface area contributed by atoms with Crippen molar-refractivity contribution in [3.8, 4) is 0 Å². The van der Waals surface area contributed by atoms with E-state index in [-0.39, 0.29) is 12.1 Å². The number of hydrogen-bond acceptors (Lipinski definition) is 3. The SMILES string of the molecule is C=C(NC(C)(C)CCO)C(/C=C/CS)=C/CC. The maximum Gasteiger partial charge on any atom is 0.0453 e. The molecule has 2 N–H and O–H groups in total. The second-order valence-corrected chi connectivity index (χ2v) is 4.98. The molecule has 0 bridgehead atoms. The molecule has 0 aromatic carbocycles. The van der Waals surface area contributed by atoms with E-state index >= 15 is 0 Å². The Balaban J connectivity index is 4.64. The van der Waals surface area contributed by atoms with Gasteiger partial charge in [0.15, 0.2) is 0 Å². The van der Waals surface area contributed by atoms with Gasteiger partial charge in [-0.3, -0.25) is 0 Å². The molecule has 2 nitrogen and oxygen atoms in total. The van der Waals surface area contributed by atoms with Crippen molar-refractivity contribution in [2.24, 2.45) is 0 Å². The van der Waals surface area contributed by atoms with E-state index in [1.807, 2.05) is 12.2 Å². The largest absolute Gasteiger partial charge is 0.396 e. The van der Waals surface area contributed by atoms with Crippen molar-refractivity contribution < 1.29 is 5.11 Å². The Hall–Kier alpha value is -0.670. The van der Waals surface area contributed by atoms with Crippen LogP contribution >= 0.6 is 12.6 Å². The molecule has 17 heavy (non-hydrogen) atoms. The summed E-state index contributed by atoms with van der Waals surface area (Å²) in [6.07, 6.45) is 7.82. The lowest BCUT2D eigenvalue weighted by atomic mass is 9.99. The molecule has 98 valence electrons. The molecule has 0 unspecified atom stereocenters. The van der Waals surface area contributed by atoms with Gasteiger partial charge in [0.2, 0.25) is 0 Å². The molecule has 0 atom stereocenters. The minimum atomic E-state index is -0.145. The van der Waals surface area contributed by atoms with Crippen LogP contribution in [0.25, 0.3) is 0 Å². The minimum absolute atomic E-state index is 0.145. The molecule has 0 rings (SSSR count). The van der Waals surface area contributed by atoms with Gasteiger partial charge in [-0.1, -0.05) is 31.7 Å². The molecule has 0 saturated heterocycles. The third-order valence-electron chi connectivity index (χ3n) is 2.40. The van der Waals surface area contributed by atoms with Crippen LogP contribution in [0.5, 0.6) is 0 Å². The molecule has 3 heteroatoms. The fraction of sp³-hybridized carbons (Fsp3) is 0.571. The summed E-state index contributed by atoms with van der Waals surface area (Å²) >= 11 is 4.15. The number of aliphatic hydroxyl groups is 1. The van der Waals surface area contributed by atoms with Gasteiger partial charge in [0, 0.05) is 23.6 Å². The van der Waals surface area contributed by atoms with E-state index in [0.29, 0.717) is 12.2 Å². The highest BCUT2D eigenvalue weighted by Crippen LogP contribution is 2.15. The van der Waals surface area contributed by atoms with E-state index in [2.05, 4.69) is 51.4 Å². The highest BCUT2D eigenvalue weighted by molar-refractivity contribution is 7.80. The Bertz CT molecular complexity index is 293. The van der Waals surface area contributed by atoms with E-state index < -0.39 is 0 Å². The third kappa shape index (κ3) is 7.29. The van der Waals surface area contributed by atoms with Gasteiger partial charge in [-0.05, 0) is 32.3 Å². The van der Waals surface area contributed by atoms with Crippen LogP contribution in [-0.2, 0) is 0 Å². The molecule has 0 aliphatic carbocycles. The Labute approximate surface area is 111 Å². The monoisotopic (exact) mass is 255 g/mol. The van der Waals surface area contributed by atoms with Gasteiger partial charge >= 0.3 is 0 Å². The van der Waals surface area contributed by atoms with Gasteiger partial charge in [-0.25, -0.2) is 0 Å². The van der Waals surface area contributed by atoms with Crippen molar-refractivity contribution in [1.29, 1.82) is 0 Å². The molecule has 0 aromatic rings. The average molecular weight is 255 g/mol. The van der Waals surface area contributed by atoms with Crippen LogP contribution in [0.1, 0.15) is 33.6 Å². The quantitative estimate of drug-likeness (QED) is 0.460. The molecular weight excluding hydrogens is 230 g/mol. The zero-order chi connectivity index (χ0) is 13.3. The molecule has 0 saturated carbocycles. The van der Waals surface area contributed by atoms with Crippen LogP contribution in [0.2, 0.25) is 0 Å². The molecule has 0 fully saturated rings. The second-order valence-electron chi connectivity index (χ2n) is 4.61. The predicted molar refractivity (Wildman–Crippen MR) is 79.4 cm³/mol. The summed E-state index contributed by atoms with van der Waals surface area (Å²) in [5, 5.41) is 12.3. The van der Waals surface area contributed by atoms with Crippen LogP contribution in [0.4, 0.5) is 0 Å². The van der Waals surface area contributed by atoms with Crippen molar-refractivity contribution >= 4 is 12.6 Å². The summed E-state index contributed by atoms with van der Waals surface area (Å²) in [5.74, 6) is 0.717. The lowest BCUT2D eigenvalue weighted by Crippen LogP contribution is -2.39. The molecule has 0 aliphatic heterocycles. The first-order valence-electron chi connectivity index (χ1n) is 6.02. The summed E-state index contributed by atoms with van der Waals surface area (Å²) < 4.78 is 0. The van der Waals surface area contributed by atoms with Crippen LogP contribution in [0.3, 0.4) is 0 Å². The molecular formula is C14H25NOS. The zero-order valence-corrected chi connectivity index (χ0v) is 12.1. The van der Waals surface area contributed by atoms with Gasteiger partial charge in [0.1, 0.15) is 0 Å². The minimum Gasteiger partial charge on any atom is -0.396 e. The highest BCUT2D eigenvalue weighted by Gasteiger charge is 2.17. The topological polar surface area (TPSA) is 32.3 Å². The Morgan fingerprint density at radius 1 is 1.47 bits per heavy atom. The fourth-order valence-electron chi connectivity index (χ4n) is 1.51. The average Bonchev–Trinajstić information content (AvgIpc) is 2.23. The molecule has 0 heterocycles. The Morgan fingerprint density at radius 2 is 2.12 bits per heavy atom. The van der Waals surface area contributed by atoms with E-state index in [4.69, 9.17) is 5.11 Å². The molecule has 0 aromatic heterocycles. The third-order valence-corrected chi connectivity index (χ3v) is 2.61. The second kappa shape index (κ2) is 8.43. The lowest BCUT2D eigenvalue weighted by molar-refractivity contribution is 0.239. The van der Waals surface area contributed by atoms with Crippen molar-refractivity contribution in [3.63, 3.8) is 0 Å². The predicted octanol–water partition coefficient (Wildman–Crippen LogP) is 3.07. The van der Waals surface area contributed by atoms with E-state index in [1.54, 1.807) is 0 Å². The number of thiol groups is 1. The molecule has 0 amide bonds. The van der Waals surface area contributed by atoms with Crippen LogP contribution in [-0.4, -0.2) is 23.0 Å². The first kappa shape index (κ1) is 16.3. The van der Waals surface area contributed by atoms with Crippen molar-refractivity contribution in [2.75, 3.05) is 12.4 Å². The summed E-state index contributed by atoms with van der Waals surface area (Å²) in [6, 6.07) is 0. The number of allylic oxidation sites excluding steroid dienone is 2. The van der Waals surface area contributed by atoms with Gasteiger partial charge in [0.05, 0.1) is 0 Å².